The van der Waals surface area contributed by atoms with Crippen LogP contribution in [0.15, 0.2) is 18.2 Å². The molecule has 2 rings (SSSR count). The van der Waals surface area contributed by atoms with Gasteiger partial charge in [-0.05, 0) is 30.9 Å². The van der Waals surface area contributed by atoms with Crippen LogP contribution < -0.4 is 0 Å². The lowest BCUT2D eigenvalue weighted by Gasteiger charge is -2.34. The van der Waals surface area contributed by atoms with E-state index in [4.69, 9.17) is 0 Å². The molecular formula is C14H18FNO2. The average molecular weight is 251 g/mol. The van der Waals surface area contributed by atoms with Gasteiger partial charge in [0.1, 0.15) is 5.82 Å². The number of amides is 1. The molecule has 0 aromatic heterocycles. The summed E-state index contributed by atoms with van der Waals surface area (Å²) in [4.78, 5) is 13.8. The van der Waals surface area contributed by atoms with E-state index in [2.05, 4.69) is 0 Å². The quantitative estimate of drug-likeness (QED) is 0.829. The third kappa shape index (κ3) is 2.38. The average Bonchev–Trinajstić information content (AvgIpc) is 2.35. The van der Waals surface area contributed by atoms with Crippen molar-refractivity contribution in [1.29, 1.82) is 0 Å². The number of hydrogen-bond donors (Lipinski definition) is 1. The lowest BCUT2D eigenvalue weighted by molar-refractivity contribution is 0.0295. The van der Waals surface area contributed by atoms with Crippen molar-refractivity contribution < 1.29 is 14.3 Å². The van der Waals surface area contributed by atoms with Crippen molar-refractivity contribution >= 4 is 5.91 Å². The second kappa shape index (κ2) is 5.06. The number of carbonyl (C=O) groups excluding carboxylic acids is 1. The monoisotopic (exact) mass is 251 g/mol. The Hall–Kier alpha value is -1.42. The molecule has 0 spiro atoms. The molecule has 0 bridgehead atoms. The summed E-state index contributed by atoms with van der Waals surface area (Å²) >= 11 is 0. The lowest BCUT2D eigenvalue weighted by atomic mass is 9.96. The molecular weight excluding hydrogens is 233 g/mol. The Morgan fingerprint density at radius 1 is 1.50 bits per heavy atom. The standard InChI is InChI=1S/C14H18FNO2/c1-9-4-3-5-11(13(9)15)14(18)16-7-6-12(17)10(2)8-16/h3-5,10,12,17H,6-8H2,1-2H3. The van der Waals surface area contributed by atoms with Crippen molar-refractivity contribution in [1.82, 2.24) is 4.90 Å². The van der Waals surface area contributed by atoms with Gasteiger partial charge in [-0.1, -0.05) is 19.1 Å². The molecule has 1 aromatic rings. The summed E-state index contributed by atoms with van der Waals surface area (Å²) in [6.07, 6.45) is 0.191. The Labute approximate surface area is 106 Å². The van der Waals surface area contributed by atoms with Gasteiger partial charge in [0.15, 0.2) is 0 Å². The zero-order valence-corrected chi connectivity index (χ0v) is 10.7. The number of aryl methyl sites for hydroxylation is 1. The highest BCUT2D eigenvalue weighted by Crippen LogP contribution is 2.20. The number of carbonyl (C=O) groups is 1. The molecule has 2 unspecified atom stereocenters. The number of nitrogens with zero attached hydrogens (tertiary/aromatic N) is 1. The van der Waals surface area contributed by atoms with E-state index < -0.39 is 5.82 Å². The van der Waals surface area contributed by atoms with Crippen LogP contribution in [-0.4, -0.2) is 35.1 Å². The highest BCUT2D eigenvalue weighted by atomic mass is 19.1. The van der Waals surface area contributed by atoms with Gasteiger partial charge in [-0.15, -0.1) is 0 Å². The summed E-state index contributed by atoms with van der Waals surface area (Å²) in [6.45, 7) is 4.51. The molecule has 1 aliphatic heterocycles. The molecule has 0 aliphatic carbocycles. The first kappa shape index (κ1) is 13.0. The molecule has 18 heavy (non-hydrogen) atoms. The SMILES string of the molecule is Cc1cccc(C(=O)N2CCC(O)C(C)C2)c1F. The molecule has 1 aromatic carbocycles. The van der Waals surface area contributed by atoms with Gasteiger partial charge in [-0.25, -0.2) is 4.39 Å². The zero-order chi connectivity index (χ0) is 13.3. The third-order valence-electron chi connectivity index (χ3n) is 3.57. The van der Waals surface area contributed by atoms with E-state index >= 15 is 0 Å². The topological polar surface area (TPSA) is 40.5 Å². The Balaban J connectivity index is 2.19. The van der Waals surface area contributed by atoms with Crippen molar-refractivity contribution in [3.05, 3.63) is 35.1 Å². The molecule has 1 N–H and O–H groups in total. The number of rotatable bonds is 1. The van der Waals surface area contributed by atoms with E-state index in [1.807, 2.05) is 6.92 Å². The number of aliphatic hydroxyl groups is 1. The summed E-state index contributed by atoms with van der Waals surface area (Å²) in [5.74, 6) is -0.688. The lowest BCUT2D eigenvalue weighted by Crippen LogP contribution is -2.45. The maximum atomic E-state index is 13.9. The van der Waals surface area contributed by atoms with E-state index in [1.165, 1.54) is 6.07 Å². The van der Waals surface area contributed by atoms with Crippen LogP contribution in [0.1, 0.15) is 29.3 Å². The molecule has 1 fully saturated rings. The molecule has 1 heterocycles. The summed E-state index contributed by atoms with van der Waals surface area (Å²) < 4.78 is 13.9. The molecule has 98 valence electrons. The predicted molar refractivity (Wildman–Crippen MR) is 66.8 cm³/mol. The number of benzene rings is 1. The van der Waals surface area contributed by atoms with Crippen molar-refractivity contribution in [3.63, 3.8) is 0 Å². The highest BCUT2D eigenvalue weighted by molar-refractivity contribution is 5.94. The van der Waals surface area contributed by atoms with Crippen LogP contribution in [0.4, 0.5) is 4.39 Å². The highest BCUT2D eigenvalue weighted by Gasteiger charge is 2.28. The predicted octanol–water partition coefficient (Wildman–Crippen LogP) is 1.98. The van der Waals surface area contributed by atoms with Gasteiger partial charge in [-0.2, -0.15) is 0 Å². The van der Waals surface area contributed by atoms with Crippen LogP contribution in [-0.2, 0) is 0 Å². The number of hydrogen-bond acceptors (Lipinski definition) is 2. The Bertz CT molecular complexity index is 461. The molecule has 1 aliphatic rings. The van der Waals surface area contributed by atoms with Gasteiger partial charge < -0.3 is 10.0 Å². The first-order chi connectivity index (χ1) is 8.50. The van der Waals surface area contributed by atoms with E-state index in [-0.39, 0.29) is 23.5 Å². The summed E-state index contributed by atoms with van der Waals surface area (Å²) in [7, 11) is 0. The van der Waals surface area contributed by atoms with Crippen LogP contribution in [0, 0.1) is 18.7 Å². The van der Waals surface area contributed by atoms with Crippen LogP contribution >= 0.6 is 0 Å². The zero-order valence-electron chi connectivity index (χ0n) is 10.7. The smallest absolute Gasteiger partial charge is 0.256 e. The summed E-state index contributed by atoms with van der Waals surface area (Å²) in [5, 5.41) is 9.63. The van der Waals surface area contributed by atoms with E-state index in [0.717, 1.165) is 0 Å². The Morgan fingerprint density at radius 2 is 2.22 bits per heavy atom. The maximum absolute atomic E-state index is 13.9. The number of halogens is 1. The molecule has 1 saturated heterocycles. The van der Waals surface area contributed by atoms with Gasteiger partial charge >= 0.3 is 0 Å². The van der Waals surface area contributed by atoms with Gasteiger partial charge in [0.2, 0.25) is 0 Å². The molecule has 1 amide bonds. The minimum atomic E-state index is -0.443. The first-order valence-electron chi connectivity index (χ1n) is 6.23. The maximum Gasteiger partial charge on any atom is 0.256 e. The van der Waals surface area contributed by atoms with Crippen molar-refractivity contribution in [2.24, 2.45) is 5.92 Å². The molecule has 0 radical (unpaired) electrons. The molecule has 4 heteroatoms. The van der Waals surface area contributed by atoms with Crippen LogP contribution in [0.3, 0.4) is 0 Å². The van der Waals surface area contributed by atoms with Crippen LogP contribution in [0.5, 0.6) is 0 Å². The van der Waals surface area contributed by atoms with Crippen LogP contribution in [0.25, 0.3) is 0 Å². The fourth-order valence-electron chi connectivity index (χ4n) is 2.30. The second-order valence-electron chi connectivity index (χ2n) is 5.02. The van der Waals surface area contributed by atoms with Gasteiger partial charge in [-0.3, -0.25) is 4.79 Å². The van der Waals surface area contributed by atoms with Crippen molar-refractivity contribution in [2.75, 3.05) is 13.1 Å². The van der Waals surface area contributed by atoms with Crippen molar-refractivity contribution in [3.8, 4) is 0 Å². The van der Waals surface area contributed by atoms with E-state index in [0.29, 0.717) is 25.1 Å². The van der Waals surface area contributed by atoms with E-state index in [1.54, 1.807) is 24.0 Å². The first-order valence-corrected chi connectivity index (χ1v) is 6.23. The fourth-order valence-corrected chi connectivity index (χ4v) is 2.30. The minimum absolute atomic E-state index is 0.0376. The number of likely N-dealkylation sites (tertiary alicyclic amines) is 1. The summed E-state index contributed by atoms with van der Waals surface area (Å²) in [5.41, 5.74) is 0.601. The second-order valence-corrected chi connectivity index (χ2v) is 5.02. The molecule has 3 nitrogen and oxygen atoms in total. The van der Waals surface area contributed by atoms with Gasteiger partial charge in [0.05, 0.1) is 11.7 Å². The van der Waals surface area contributed by atoms with Crippen LogP contribution in [0.2, 0.25) is 0 Å². The van der Waals surface area contributed by atoms with Gasteiger partial charge in [0.25, 0.3) is 5.91 Å². The van der Waals surface area contributed by atoms with Crippen molar-refractivity contribution in [2.45, 2.75) is 26.4 Å². The molecule has 2 atom stereocenters. The number of piperidine rings is 1. The third-order valence-corrected chi connectivity index (χ3v) is 3.57. The molecule has 0 saturated carbocycles. The normalized spacial score (nSPS) is 24.1. The Morgan fingerprint density at radius 3 is 2.89 bits per heavy atom. The summed E-state index contributed by atoms with van der Waals surface area (Å²) in [6, 6.07) is 4.85. The fraction of sp³-hybridized carbons (Fsp3) is 0.500. The van der Waals surface area contributed by atoms with Gasteiger partial charge in [0, 0.05) is 13.1 Å². The largest absolute Gasteiger partial charge is 0.393 e. The number of aliphatic hydroxyl groups excluding tert-OH is 1. The Kier molecular flexibility index (Phi) is 3.66. The minimum Gasteiger partial charge on any atom is -0.393 e. The van der Waals surface area contributed by atoms with E-state index in [9.17, 15) is 14.3 Å².